The molecule has 1 aliphatic heterocycles. The SMILES string of the molecule is CC(C)(C)C1CCN(c2c(C(=O)O)cccc2[N+](=O)[O-])C1. The first-order valence-electron chi connectivity index (χ1n) is 6.97. The number of benzene rings is 1. The van der Waals surface area contributed by atoms with Gasteiger partial charge in [0, 0.05) is 19.2 Å². The molecule has 1 N–H and O–H groups in total. The average Bonchev–Trinajstić information content (AvgIpc) is 2.86. The van der Waals surface area contributed by atoms with Crippen LogP contribution in [0.15, 0.2) is 18.2 Å². The Bertz CT molecular complexity index is 545. The zero-order chi connectivity index (χ0) is 15.8. The maximum Gasteiger partial charge on any atom is 0.338 e. The zero-order valence-electron chi connectivity index (χ0n) is 12.5. The van der Waals surface area contributed by atoms with Gasteiger partial charge in [-0.05, 0) is 23.8 Å². The van der Waals surface area contributed by atoms with Gasteiger partial charge in [-0.15, -0.1) is 0 Å². The summed E-state index contributed by atoms with van der Waals surface area (Å²) in [4.78, 5) is 23.9. The summed E-state index contributed by atoms with van der Waals surface area (Å²) in [5.41, 5.74) is 0.201. The van der Waals surface area contributed by atoms with Gasteiger partial charge in [-0.25, -0.2) is 4.79 Å². The van der Waals surface area contributed by atoms with E-state index in [9.17, 15) is 20.0 Å². The molecule has 1 fully saturated rings. The molecule has 2 rings (SSSR count). The minimum atomic E-state index is -1.13. The first-order chi connectivity index (χ1) is 9.71. The van der Waals surface area contributed by atoms with Gasteiger partial charge < -0.3 is 10.0 Å². The third-order valence-corrected chi connectivity index (χ3v) is 4.17. The number of hydrogen-bond acceptors (Lipinski definition) is 4. The molecule has 0 amide bonds. The van der Waals surface area contributed by atoms with Crippen molar-refractivity contribution < 1.29 is 14.8 Å². The molecule has 0 bridgehead atoms. The smallest absolute Gasteiger partial charge is 0.338 e. The summed E-state index contributed by atoms with van der Waals surface area (Å²) in [5, 5.41) is 20.5. The maximum atomic E-state index is 11.4. The fourth-order valence-corrected chi connectivity index (χ4v) is 2.85. The third kappa shape index (κ3) is 2.99. The lowest BCUT2D eigenvalue weighted by Crippen LogP contribution is -2.27. The van der Waals surface area contributed by atoms with Crippen LogP contribution < -0.4 is 4.90 Å². The molecule has 0 aromatic heterocycles. The number of carboxylic acids is 1. The Hall–Kier alpha value is -2.11. The average molecular weight is 292 g/mol. The van der Waals surface area contributed by atoms with Gasteiger partial charge in [0.15, 0.2) is 0 Å². The molecule has 0 radical (unpaired) electrons. The highest BCUT2D eigenvalue weighted by Crippen LogP contribution is 2.40. The molecular formula is C15H20N2O4. The second-order valence-corrected chi connectivity index (χ2v) is 6.53. The molecule has 21 heavy (non-hydrogen) atoms. The van der Waals surface area contributed by atoms with E-state index in [0.29, 0.717) is 19.0 Å². The highest BCUT2D eigenvalue weighted by Gasteiger charge is 2.36. The van der Waals surface area contributed by atoms with Crippen molar-refractivity contribution in [3.63, 3.8) is 0 Å². The highest BCUT2D eigenvalue weighted by atomic mass is 16.6. The van der Waals surface area contributed by atoms with Gasteiger partial charge >= 0.3 is 5.97 Å². The normalized spacial score (nSPS) is 18.8. The van der Waals surface area contributed by atoms with E-state index < -0.39 is 10.9 Å². The summed E-state index contributed by atoms with van der Waals surface area (Å²) < 4.78 is 0. The number of rotatable bonds is 3. The van der Waals surface area contributed by atoms with Crippen molar-refractivity contribution in [2.45, 2.75) is 27.2 Å². The summed E-state index contributed by atoms with van der Waals surface area (Å²) in [6.45, 7) is 7.71. The Morgan fingerprint density at radius 1 is 1.43 bits per heavy atom. The fraction of sp³-hybridized carbons (Fsp3) is 0.533. The first-order valence-corrected chi connectivity index (χ1v) is 6.97. The van der Waals surface area contributed by atoms with Crippen molar-refractivity contribution in [3.8, 4) is 0 Å². The molecule has 1 aliphatic rings. The van der Waals surface area contributed by atoms with Gasteiger partial charge in [-0.2, -0.15) is 0 Å². The number of anilines is 1. The van der Waals surface area contributed by atoms with Crippen molar-refractivity contribution >= 4 is 17.3 Å². The molecule has 1 heterocycles. The lowest BCUT2D eigenvalue weighted by atomic mass is 9.80. The van der Waals surface area contributed by atoms with Crippen molar-refractivity contribution in [3.05, 3.63) is 33.9 Å². The van der Waals surface area contributed by atoms with E-state index >= 15 is 0 Å². The van der Waals surface area contributed by atoms with Gasteiger partial charge in [-0.1, -0.05) is 26.8 Å². The molecule has 1 unspecified atom stereocenters. The van der Waals surface area contributed by atoms with Crippen molar-refractivity contribution in [1.82, 2.24) is 0 Å². The predicted octanol–water partition coefficient (Wildman–Crippen LogP) is 3.17. The lowest BCUT2D eigenvalue weighted by Gasteiger charge is -2.27. The summed E-state index contributed by atoms with van der Waals surface area (Å²) in [7, 11) is 0. The van der Waals surface area contributed by atoms with E-state index in [-0.39, 0.29) is 22.4 Å². The number of para-hydroxylation sites is 1. The van der Waals surface area contributed by atoms with Crippen LogP contribution >= 0.6 is 0 Å². The minimum Gasteiger partial charge on any atom is -0.478 e. The summed E-state index contributed by atoms with van der Waals surface area (Å²) in [6.07, 6.45) is 0.911. The molecule has 6 heteroatoms. The van der Waals surface area contributed by atoms with E-state index in [1.54, 1.807) is 0 Å². The van der Waals surface area contributed by atoms with Gasteiger partial charge in [0.25, 0.3) is 5.69 Å². The standard InChI is InChI=1S/C15H20N2O4/c1-15(2,3)10-7-8-16(9-10)13-11(14(18)19)5-4-6-12(13)17(20)21/h4-6,10H,7-9H2,1-3H3,(H,18,19). The van der Waals surface area contributed by atoms with Gasteiger partial charge in [0.05, 0.1) is 10.5 Å². The quantitative estimate of drug-likeness (QED) is 0.683. The van der Waals surface area contributed by atoms with Gasteiger partial charge in [0.2, 0.25) is 0 Å². The molecular weight excluding hydrogens is 272 g/mol. The van der Waals surface area contributed by atoms with E-state index in [1.807, 2.05) is 4.90 Å². The molecule has 6 nitrogen and oxygen atoms in total. The zero-order valence-corrected chi connectivity index (χ0v) is 12.5. The summed E-state index contributed by atoms with van der Waals surface area (Å²) in [5.74, 6) is -0.744. The van der Waals surface area contributed by atoms with Crippen LogP contribution in [0.5, 0.6) is 0 Å². The Labute approximate surface area is 123 Å². The van der Waals surface area contributed by atoms with Crippen LogP contribution in [0.25, 0.3) is 0 Å². The monoisotopic (exact) mass is 292 g/mol. The van der Waals surface area contributed by atoms with Gasteiger partial charge in [0.1, 0.15) is 5.69 Å². The molecule has 114 valence electrons. The highest BCUT2D eigenvalue weighted by molar-refractivity contribution is 5.97. The number of carboxylic acid groups (broad SMARTS) is 1. The molecule has 1 saturated heterocycles. The molecule has 1 aromatic carbocycles. The van der Waals surface area contributed by atoms with Crippen molar-refractivity contribution in [1.29, 1.82) is 0 Å². The molecule has 0 aliphatic carbocycles. The first kappa shape index (κ1) is 15.3. The fourth-order valence-electron chi connectivity index (χ4n) is 2.85. The van der Waals surface area contributed by atoms with Crippen LogP contribution in [-0.4, -0.2) is 29.1 Å². The van der Waals surface area contributed by atoms with Crippen LogP contribution in [0, 0.1) is 21.4 Å². The molecule has 0 saturated carbocycles. The Balaban J connectivity index is 2.44. The minimum absolute atomic E-state index is 0.00115. The number of nitro groups is 1. The number of nitro benzene ring substituents is 1. The maximum absolute atomic E-state index is 11.4. The van der Waals surface area contributed by atoms with Crippen molar-refractivity contribution in [2.24, 2.45) is 11.3 Å². The van der Waals surface area contributed by atoms with E-state index in [2.05, 4.69) is 20.8 Å². The number of carbonyl (C=O) groups is 1. The van der Waals surface area contributed by atoms with Gasteiger partial charge in [-0.3, -0.25) is 10.1 Å². The molecule has 1 aromatic rings. The summed E-state index contributed by atoms with van der Waals surface area (Å²) >= 11 is 0. The van der Waals surface area contributed by atoms with Crippen LogP contribution in [0.2, 0.25) is 0 Å². The van der Waals surface area contributed by atoms with E-state index in [1.165, 1.54) is 18.2 Å². The Morgan fingerprint density at radius 3 is 2.57 bits per heavy atom. The van der Waals surface area contributed by atoms with E-state index in [0.717, 1.165) is 6.42 Å². The largest absolute Gasteiger partial charge is 0.478 e. The van der Waals surface area contributed by atoms with E-state index in [4.69, 9.17) is 0 Å². The number of aromatic carboxylic acids is 1. The van der Waals surface area contributed by atoms with Crippen LogP contribution in [0.1, 0.15) is 37.6 Å². The Kier molecular flexibility index (Phi) is 3.89. The Morgan fingerprint density at radius 2 is 2.10 bits per heavy atom. The predicted molar refractivity (Wildman–Crippen MR) is 79.8 cm³/mol. The number of hydrogen-bond donors (Lipinski definition) is 1. The topological polar surface area (TPSA) is 83.7 Å². The van der Waals surface area contributed by atoms with Crippen LogP contribution in [0.3, 0.4) is 0 Å². The van der Waals surface area contributed by atoms with Crippen molar-refractivity contribution in [2.75, 3.05) is 18.0 Å². The van der Waals surface area contributed by atoms with Crippen LogP contribution in [0.4, 0.5) is 11.4 Å². The number of nitrogens with zero attached hydrogens (tertiary/aromatic N) is 2. The van der Waals surface area contributed by atoms with Crippen LogP contribution in [-0.2, 0) is 0 Å². The lowest BCUT2D eigenvalue weighted by molar-refractivity contribution is -0.384. The second kappa shape index (κ2) is 5.35. The third-order valence-electron chi connectivity index (χ3n) is 4.17. The second-order valence-electron chi connectivity index (χ2n) is 6.53. The molecule has 1 atom stereocenters. The molecule has 0 spiro atoms. The summed E-state index contributed by atoms with van der Waals surface area (Å²) in [6, 6.07) is 4.21.